The van der Waals surface area contributed by atoms with Crippen LogP contribution in [0.15, 0.2) is 53.7 Å². The Bertz CT molecular complexity index is 1260. The fourth-order valence-electron chi connectivity index (χ4n) is 3.94. The summed E-state index contributed by atoms with van der Waals surface area (Å²) in [6.45, 7) is 7.29. The topological polar surface area (TPSA) is 110 Å². The van der Waals surface area contributed by atoms with Gasteiger partial charge in [-0.2, -0.15) is 14.1 Å². The molecule has 1 aliphatic rings. The van der Waals surface area contributed by atoms with Gasteiger partial charge in [0.25, 0.3) is 5.95 Å². The molecule has 1 saturated heterocycles. The van der Waals surface area contributed by atoms with Crippen molar-refractivity contribution in [3.05, 3.63) is 60.0 Å². The lowest BCUT2D eigenvalue weighted by molar-refractivity contribution is -0.116. The van der Waals surface area contributed by atoms with Crippen LogP contribution >= 0.6 is 0 Å². The summed E-state index contributed by atoms with van der Waals surface area (Å²) in [6.07, 6.45) is 6.85. The molecule has 0 radical (unpaired) electrons. The Morgan fingerprint density at radius 3 is 2.31 bits per heavy atom. The SMILES string of the molecule is CC(C)(C)c1cc(NC(=O)CCc2ccc(S(=O)(=O)N3CCCCC3)cc2)n(-c2ncccn2)n1. The highest BCUT2D eigenvalue weighted by molar-refractivity contribution is 7.89. The summed E-state index contributed by atoms with van der Waals surface area (Å²) in [7, 11) is -3.46. The van der Waals surface area contributed by atoms with Crippen LogP contribution in [-0.2, 0) is 26.7 Å². The van der Waals surface area contributed by atoms with E-state index in [-0.39, 0.29) is 17.7 Å². The Morgan fingerprint density at radius 2 is 1.69 bits per heavy atom. The minimum absolute atomic E-state index is 0.174. The van der Waals surface area contributed by atoms with Crippen molar-refractivity contribution in [2.45, 2.75) is 63.2 Å². The van der Waals surface area contributed by atoms with E-state index in [1.54, 1.807) is 51.7 Å². The highest BCUT2D eigenvalue weighted by Crippen LogP contribution is 2.26. The van der Waals surface area contributed by atoms with E-state index >= 15 is 0 Å². The van der Waals surface area contributed by atoms with Crippen molar-refractivity contribution < 1.29 is 13.2 Å². The van der Waals surface area contributed by atoms with Gasteiger partial charge in [-0.1, -0.05) is 39.3 Å². The zero-order chi connectivity index (χ0) is 25.1. The van der Waals surface area contributed by atoms with Crippen LogP contribution in [0.2, 0.25) is 0 Å². The molecule has 10 heteroatoms. The Hall–Kier alpha value is -3.11. The maximum Gasteiger partial charge on any atom is 0.252 e. The van der Waals surface area contributed by atoms with E-state index in [1.165, 1.54) is 0 Å². The summed E-state index contributed by atoms with van der Waals surface area (Å²) in [5, 5.41) is 7.54. The lowest BCUT2D eigenvalue weighted by Crippen LogP contribution is -2.35. The molecule has 0 aliphatic carbocycles. The lowest BCUT2D eigenvalue weighted by atomic mass is 9.92. The van der Waals surface area contributed by atoms with Gasteiger partial charge in [0.1, 0.15) is 5.82 Å². The van der Waals surface area contributed by atoms with E-state index in [1.807, 2.05) is 26.8 Å². The first-order chi connectivity index (χ1) is 16.6. The van der Waals surface area contributed by atoms with Crippen LogP contribution in [0.4, 0.5) is 5.82 Å². The summed E-state index contributed by atoms with van der Waals surface area (Å²) >= 11 is 0. The van der Waals surface area contributed by atoms with Crippen LogP contribution in [0.3, 0.4) is 0 Å². The van der Waals surface area contributed by atoms with Gasteiger partial charge in [-0.25, -0.2) is 18.4 Å². The molecule has 0 bridgehead atoms. The van der Waals surface area contributed by atoms with Crippen LogP contribution in [0.5, 0.6) is 0 Å². The van der Waals surface area contributed by atoms with Crippen molar-refractivity contribution in [3.8, 4) is 5.95 Å². The van der Waals surface area contributed by atoms with Gasteiger partial charge in [-0.3, -0.25) is 4.79 Å². The summed E-state index contributed by atoms with van der Waals surface area (Å²) in [4.78, 5) is 21.6. The molecule has 1 N–H and O–H groups in total. The first kappa shape index (κ1) is 25.0. The minimum atomic E-state index is -3.46. The summed E-state index contributed by atoms with van der Waals surface area (Å²) in [5.74, 6) is 0.713. The number of anilines is 1. The molecule has 1 amide bonds. The minimum Gasteiger partial charge on any atom is -0.310 e. The van der Waals surface area contributed by atoms with Gasteiger partial charge >= 0.3 is 0 Å². The maximum atomic E-state index is 12.8. The molecule has 2 aromatic heterocycles. The fraction of sp³-hybridized carbons (Fsp3) is 0.440. The molecule has 0 spiro atoms. The van der Waals surface area contributed by atoms with Gasteiger partial charge in [0.15, 0.2) is 0 Å². The number of amides is 1. The summed E-state index contributed by atoms with van der Waals surface area (Å²) in [6, 6.07) is 10.4. The number of piperidine rings is 1. The van der Waals surface area contributed by atoms with Crippen molar-refractivity contribution in [1.29, 1.82) is 0 Å². The predicted molar refractivity (Wildman–Crippen MR) is 134 cm³/mol. The van der Waals surface area contributed by atoms with Crippen LogP contribution < -0.4 is 5.32 Å². The largest absolute Gasteiger partial charge is 0.310 e. The van der Waals surface area contributed by atoms with Gasteiger partial charge in [-0.15, -0.1) is 0 Å². The zero-order valence-electron chi connectivity index (χ0n) is 20.4. The Balaban J connectivity index is 1.42. The van der Waals surface area contributed by atoms with Gasteiger partial charge in [-0.05, 0) is 43.0 Å². The average Bonchev–Trinajstić information content (AvgIpc) is 3.28. The second kappa shape index (κ2) is 10.2. The van der Waals surface area contributed by atoms with E-state index in [9.17, 15) is 13.2 Å². The molecule has 3 aromatic rings. The van der Waals surface area contributed by atoms with Gasteiger partial charge < -0.3 is 5.32 Å². The van der Waals surface area contributed by atoms with Crippen molar-refractivity contribution in [2.75, 3.05) is 18.4 Å². The molecule has 0 unspecified atom stereocenters. The summed E-state index contributed by atoms with van der Waals surface area (Å²) in [5.41, 5.74) is 1.49. The number of benzene rings is 1. The van der Waals surface area contributed by atoms with Crippen LogP contribution in [0.1, 0.15) is 57.7 Å². The van der Waals surface area contributed by atoms with Gasteiger partial charge in [0.05, 0.1) is 10.6 Å². The Morgan fingerprint density at radius 1 is 1.03 bits per heavy atom. The number of rotatable bonds is 7. The smallest absolute Gasteiger partial charge is 0.252 e. The predicted octanol–water partition coefficient (Wildman–Crippen LogP) is 3.71. The quantitative estimate of drug-likeness (QED) is 0.534. The van der Waals surface area contributed by atoms with E-state index in [4.69, 9.17) is 0 Å². The first-order valence-corrected chi connectivity index (χ1v) is 13.4. The lowest BCUT2D eigenvalue weighted by Gasteiger charge is -2.25. The van der Waals surface area contributed by atoms with Gasteiger partial charge in [0, 0.05) is 43.4 Å². The molecule has 9 nitrogen and oxygen atoms in total. The first-order valence-electron chi connectivity index (χ1n) is 11.9. The van der Waals surface area contributed by atoms with Crippen molar-refractivity contribution in [1.82, 2.24) is 24.1 Å². The molecule has 1 aromatic carbocycles. The third kappa shape index (κ3) is 5.94. The summed E-state index contributed by atoms with van der Waals surface area (Å²) < 4.78 is 28.8. The number of aromatic nitrogens is 4. The zero-order valence-corrected chi connectivity index (χ0v) is 21.3. The Kier molecular flexibility index (Phi) is 7.32. The number of carbonyl (C=O) groups is 1. The standard InChI is InChI=1S/C25H32N6O3S/c1-25(2,3)21-18-22(31(29-21)24-26-14-7-15-27-24)28-23(32)13-10-19-8-11-20(12-9-19)35(33,34)30-16-5-4-6-17-30/h7-9,11-12,14-15,18H,4-6,10,13,16-17H2,1-3H3,(H,28,32). The molecule has 1 aliphatic heterocycles. The molecular formula is C25H32N6O3S. The number of hydrogen-bond donors (Lipinski definition) is 1. The molecule has 186 valence electrons. The maximum absolute atomic E-state index is 12.8. The average molecular weight is 497 g/mol. The molecule has 35 heavy (non-hydrogen) atoms. The molecule has 1 fully saturated rings. The van der Waals surface area contributed by atoms with Crippen molar-refractivity contribution in [2.24, 2.45) is 0 Å². The number of nitrogens with zero attached hydrogens (tertiary/aromatic N) is 5. The van der Waals surface area contributed by atoms with E-state index in [0.717, 1.165) is 30.5 Å². The van der Waals surface area contributed by atoms with Gasteiger partial charge in [0.2, 0.25) is 15.9 Å². The van der Waals surface area contributed by atoms with E-state index < -0.39 is 10.0 Å². The third-order valence-electron chi connectivity index (χ3n) is 6.00. The number of nitrogens with one attached hydrogen (secondary N) is 1. The number of sulfonamides is 1. The monoisotopic (exact) mass is 496 g/mol. The third-order valence-corrected chi connectivity index (χ3v) is 7.92. The highest BCUT2D eigenvalue weighted by Gasteiger charge is 2.26. The molecule has 0 saturated carbocycles. The Labute approximate surface area is 206 Å². The fourth-order valence-corrected chi connectivity index (χ4v) is 5.45. The van der Waals surface area contributed by atoms with Crippen molar-refractivity contribution in [3.63, 3.8) is 0 Å². The van der Waals surface area contributed by atoms with Crippen LogP contribution in [-0.4, -0.2) is 51.5 Å². The highest BCUT2D eigenvalue weighted by atomic mass is 32.2. The number of hydrogen-bond acceptors (Lipinski definition) is 6. The molecule has 3 heterocycles. The molecular weight excluding hydrogens is 464 g/mol. The number of aryl methyl sites for hydroxylation is 1. The van der Waals surface area contributed by atoms with E-state index in [2.05, 4.69) is 20.4 Å². The molecule has 0 atom stereocenters. The van der Waals surface area contributed by atoms with Crippen LogP contribution in [0.25, 0.3) is 5.95 Å². The second-order valence-corrected chi connectivity index (χ2v) is 11.7. The van der Waals surface area contributed by atoms with E-state index in [0.29, 0.717) is 36.2 Å². The number of carbonyl (C=O) groups excluding carboxylic acids is 1. The van der Waals surface area contributed by atoms with Crippen molar-refractivity contribution >= 4 is 21.7 Å². The molecule has 4 rings (SSSR count). The second-order valence-electron chi connectivity index (χ2n) is 9.78. The van der Waals surface area contributed by atoms with Crippen LogP contribution in [0, 0.1) is 0 Å². The normalized spacial score (nSPS) is 15.2.